The molecule has 1 aromatic rings. The summed E-state index contributed by atoms with van der Waals surface area (Å²) in [7, 11) is 0. The molecule has 1 aromatic carbocycles. The van der Waals surface area contributed by atoms with Crippen LogP contribution in [0.25, 0.3) is 0 Å². The number of anilines is 1. The predicted octanol–water partition coefficient (Wildman–Crippen LogP) is 3.09. The molecule has 1 aliphatic rings. The van der Waals surface area contributed by atoms with Crippen molar-refractivity contribution in [3.8, 4) is 0 Å². The van der Waals surface area contributed by atoms with Gasteiger partial charge in [-0.25, -0.2) is 4.39 Å². The molecule has 1 atom stereocenters. The molecule has 0 aromatic heterocycles. The normalized spacial score (nSPS) is 20.6. The van der Waals surface area contributed by atoms with E-state index in [-0.39, 0.29) is 12.4 Å². The molecule has 2 nitrogen and oxygen atoms in total. The van der Waals surface area contributed by atoms with Gasteiger partial charge in [0, 0.05) is 12.6 Å². The Morgan fingerprint density at radius 3 is 2.88 bits per heavy atom. The number of aliphatic hydroxyl groups is 1. The van der Waals surface area contributed by atoms with Gasteiger partial charge in [0.1, 0.15) is 5.82 Å². The van der Waals surface area contributed by atoms with Crippen LogP contribution in [0.3, 0.4) is 0 Å². The maximum atomic E-state index is 14.0. The van der Waals surface area contributed by atoms with Crippen molar-refractivity contribution in [3.63, 3.8) is 0 Å². The number of halogens is 1. The number of nitrogens with zero attached hydrogens (tertiary/aromatic N) is 1. The lowest BCUT2D eigenvalue weighted by Crippen LogP contribution is -2.39. The summed E-state index contributed by atoms with van der Waals surface area (Å²) in [5, 5.41) is 8.98. The van der Waals surface area contributed by atoms with Crippen molar-refractivity contribution in [1.82, 2.24) is 0 Å². The predicted molar refractivity (Wildman–Crippen MR) is 67.6 cm³/mol. The van der Waals surface area contributed by atoms with E-state index in [0.717, 1.165) is 25.8 Å². The second kappa shape index (κ2) is 5.50. The summed E-state index contributed by atoms with van der Waals surface area (Å²) in [6.45, 7) is 2.99. The summed E-state index contributed by atoms with van der Waals surface area (Å²) in [4.78, 5) is 2.18. The number of piperidine rings is 1. The third-order valence-electron chi connectivity index (χ3n) is 3.60. The Hall–Kier alpha value is -1.09. The molecule has 0 radical (unpaired) electrons. The van der Waals surface area contributed by atoms with Crippen LogP contribution in [0.15, 0.2) is 18.2 Å². The van der Waals surface area contributed by atoms with E-state index < -0.39 is 0 Å². The Kier molecular flexibility index (Phi) is 4.00. The first kappa shape index (κ1) is 12.4. The fourth-order valence-corrected chi connectivity index (χ4v) is 2.62. The first-order chi connectivity index (χ1) is 8.26. The van der Waals surface area contributed by atoms with Crippen LogP contribution >= 0.6 is 0 Å². The van der Waals surface area contributed by atoms with Gasteiger partial charge in [0.2, 0.25) is 0 Å². The highest BCUT2D eigenvalue weighted by molar-refractivity contribution is 5.50. The lowest BCUT2D eigenvalue weighted by molar-refractivity contribution is 0.281. The summed E-state index contributed by atoms with van der Waals surface area (Å²) in [6, 6.07) is 5.50. The number of benzene rings is 1. The minimum absolute atomic E-state index is 0.103. The van der Waals surface area contributed by atoms with Crippen molar-refractivity contribution in [2.24, 2.45) is 0 Å². The van der Waals surface area contributed by atoms with E-state index in [0.29, 0.717) is 17.3 Å². The summed E-state index contributed by atoms with van der Waals surface area (Å²) in [6.07, 6.45) is 4.59. The van der Waals surface area contributed by atoms with Crippen LogP contribution in [0.5, 0.6) is 0 Å². The lowest BCUT2D eigenvalue weighted by atomic mass is 9.99. The van der Waals surface area contributed by atoms with E-state index >= 15 is 0 Å². The van der Waals surface area contributed by atoms with Crippen molar-refractivity contribution >= 4 is 5.69 Å². The van der Waals surface area contributed by atoms with E-state index in [1.807, 2.05) is 0 Å². The number of aliphatic hydroxyl groups excluding tert-OH is 1. The Bertz CT molecular complexity index is 380. The highest BCUT2D eigenvalue weighted by atomic mass is 19.1. The quantitative estimate of drug-likeness (QED) is 0.873. The van der Waals surface area contributed by atoms with Gasteiger partial charge >= 0.3 is 0 Å². The highest BCUT2D eigenvalue weighted by Crippen LogP contribution is 2.29. The third kappa shape index (κ3) is 2.60. The molecule has 1 saturated heterocycles. The Morgan fingerprint density at radius 2 is 2.24 bits per heavy atom. The summed E-state index contributed by atoms with van der Waals surface area (Å²) in [5.74, 6) is -0.211. The van der Waals surface area contributed by atoms with Crippen LogP contribution in [0, 0.1) is 5.82 Å². The van der Waals surface area contributed by atoms with Gasteiger partial charge in [0.15, 0.2) is 0 Å². The van der Waals surface area contributed by atoms with Gasteiger partial charge in [0.05, 0.1) is 12.3 Å². The highest BCUT2D eigenvalue weighted by Gasteiger charge is 2.23. The van der Waals surface area contributed by atoms with E-state index in [4.69, 9.17) is 5.11 Å². The van der Waals surface area contributed by atoms with Crippen LogP contribution in [-0.4, -0.2) is 17.7 Å². The van der Waals surface area contributed by atoms with Gasteiger partial charge < -0.3 is 10.0 Å². The average Bonchev–Trinajstić information content (AvgIpc) is 2.38. The zero-order chi connectivity index (χ0) is 12.3. The minimum Gasteiger partial charge on any atom is -0.392 e. The summed E-state index contributed by atoms with van der Waals surface area (Å²) >= 11 is 0. The fourth-order valence-electron chi connectivity index (χ4n) is 2.62. The second-order valence-electron chi connectivity index (χ2n) is 4.70. The number of rotatable bonds is 3. The van der Waals surface area contributed by atoms with E-state index in [2.05, 4.69) is 11.8 Å². The number of hydrogen-bond acceptors (Lipinski definition) is 2. The smallest absolute Gasteiger partial charge is 0.146 e. The third-order valence-corrected chi connectivity index (χ3v) is 3.60. The largest absolute Gasteiger partial charge is 0.392 e. The molecule has 2 rings (SSSR count). The average molecular weight is 237 g/mol. The van der Waals surface area contributed by atoms with Crippen molar-refractivity contribution in [2.75, 3.05) is 11.4 Å². The Labute approximate surface area is 102 Å². The number of hydrogen-bond donors (Lipinski definition) is 1. The van der Waals surface area contributed by atoms with Gasteiger partial charge in [0.25, 0.3) is 0 Å². The molecule has 17 heavy (non-hydrogen) atoms. The SMILES string of the molecule is CCC1CCCCN1c1ccc(CO)cc1F. The molecule has 1 unspecified atom stereocenters. The van der Waals surface area contributed by atoms with Crippen molar-refractivity contribution in [2.45, 2.75) is 45.3 Å². The maximum Gasteiger partial charge on any atom is 0.146 e. The molecule has 1 fully saturated rings. The standard InChI is InChI=1S/C14H20FNO/c1-2-12-5-3-4-8-16(12)14-7-6-11(10-17)9-13(14)15/h6-7,9,12,17H,2-5,8,10H2,1H3. The van der Waals surface area contributed by atoms with E-state index in [9.17, 15) is 4.39 Å². The molecule has 0 saturated carbocycles. The van der Waals surface area contributed by atoms with E-state index in [1.165, 1.54) is 12.5 Å². The van der Waals surface area contributed by atoms with Crippen molar-refractivity contribution in [3.05, 3.63) is 29.6 Å². The monoisotopic (exact) mass is 237 g/mol. The molecule has 0 amide bonds. The molecule has 94 valence electrons. The van der Waals surface area contributed by atoms with Crippen LogP contribution in [0.2, 0.25) is 0 Å². The second-order valence-corrected chi connectivity index (χ2v) is 4.70. The van der Waals surface area contributed by atoms with Crippen molar-refractivity contribution < 1.29 is 9.50 Å². The maximum absolute atomic E-state index is 14.0. The zero-order valence-corrected chi connectivity index (χ0v) is 10.3. The fraction of sp³-hybridized carbons (Fsp3) is 0.571. The van der Waals surface area contributed by atoms with Gasteiger partial charge in [-0.1, -0.05) is 13.0 Å². The molecule has 0 aliphatic carbocycles. The Morgan fingerprint density at radius 1 is 1.41 bits per heavy atom. The van der Waals surface area contributed by atoms with Gasteiger partial charge in [-0.05, 0) is 43.4 Å². The summed E-state index contributed by atoms with van der Waals surface area (Å²) < 4.78 is 14.0. The lowest BCUT2D eigenvalue weighted by Gasteiger charge is -2.37. The molecule has 1 N–H and O–H groups in total. The van der Waals surface area contributed by atoms with E-state index in [1.54, 1.807) is 12.1 Å². The molecule has 0 bridgehead atoms. The van der Waals surface area contributed by atoms with Crippen LogP contribution in [0.1, 0.15) is 38.2 Å². The van der Waals surface area contributed by atoms with Crippen molar-refractivity contribution in [1.29, 1.82) is 0 Å². The van der Waals surface area contributed by atoms with Gasteiger partial charge in [-0.15, -0.1) is 0 Å². The molecular formula is C14H20FNO. The molecule has 1 aliphatic heterocycles. The Balaban J connectivity index is 2.25. The zero-order valence-electron chi connectivity index (χ0n) is 10.3. The molecule has 0 spiro atoms. The van der Waals surface area contributed by atoms with Crippen LogP contribution < -0.4 is 4.90 Å². The van der Waals surface area contributed by atoms with Gasteiger partial charge in [-0.2, -0.15) is 0 Å². The molecular weight excluding hydrogens is 217 g/mol. The van der Waals surface area contributed by atoms with Gasteiger partial charge in [-0.3, -0.25) is 0 Å². The first-order valence-corrected chi connectivity index (χ1v) is 6.42. The molecule has 3 heteroatoms. The summed E-state index contributed by atoms with van der Waals surface area (Å²) in [5.41, 5.74) is 1.32. The molecule has 1 heterocycles. The van der Waals surface area contributed by atoms with Crippen LogP contribution in [0.4, 0.5) is 10.1 Å². The minimum atomic E-state index is -0.211. The topological polar surface area (TPSA) is 23.5 Å². The first-order valence-electron chi connectivity index (χ1n) is 6.42. The van der Waals surface area contributed by atoms with Crippen LogP contribution in [-0.2, 0) is 6.61 Å².